The van der Waals surface area contributed by atoms with Crippen LogP contribution in [-0.4, -0.2) is 35.2 Å². The molecule has 1 aromatic heterocycles. The molecule has 1 N–H and O–H groups in total. The summed E-state index contributed by atoms with van der Waals surface area (Å²) in [5.41, 5.74) is 0. The van der Waals surface area contributed by atoms with Crippen molar-refractivity contribution in [3.63, 3.8) is 0 Å². The molecule has 1 atom stereocenters. The van der Waals surface area contributed by atoms with E-state index in [9.17, 15) is 4.79 Å². The van der Waals surface area contributed by atoms with E-state index in [4.69, 9.17) is 4.74 Å². The average molecular weight is 267 g/mol. The number of aromatic nitrogens is 2. The summed E-state index contributed by atoms with van der Waals surface area (Å²) in [4.78, 5) is 16.0. The van der Waals surface area contributed by atoms with Crippen molar-refractivity contribution < 1.29 is 9.53 Å². The fourth-order valence-electron chi connectivity index (χ4n) is 2.04. The highest BCUT2D eigenvalue weighted by Gasteiger charge is 2.14. The van der Waals surface area contributed by atoms with Gasteiger partial charge in [0.05, 0.1) is 0 Å². The number of hydrogen-bond acceptors (Lipinski definition) is 3. The van der Waals surface area contributed by atoms with Gasteiger partial charge in [-0.05, 0) is 12.8 Å². The van der Waals surface area contributed by atoms with Crippen molar-refractivity contribution >= 4 is 5.91 Å². The molecule has 0 saturated heterocycles. The van der Waals surface area contributed by atoms with E-state index in [-0.39, 0.29) is 12.0 Å². The lowest BCUT2D eigenvalue weighted by atomic mass is 10.2. The molecule has 1 amide bonds. The van der Waals surface area contributed by atoms with Gasteiger partial charge in [-0.3, -0.25) is 4.79 Å². The Hall–Kier alpha value is -1.36. The van der Waals surface area contributed by atoms with Crippen LogP contribution in [0.25, 0.3) is 0 Å². The molecular weight excluding hydrogens is 242 g/mol. The molecule has 0 saturated carbocycles. The quantitative estimate of drug-likeness (QED) is 0.732. The van der Waals surface area contributed by atoms with Crippen LogP contribution in [0.4, 0.5) is 0 Å². The summed E-state index contributed by atoms with van der Waals surface area (Å²) in [7, 11) is 1.56. The van der Waals surface area contributed by atoms with Gasteiger partial charge in [0.1, 0.15) is 11.9 Å². The third-order valence-electron chi connectivity index (χ3n) is 3.09. The van der Waals surface area contributed by atoms with Crippen molar-refractivity contribution in [2.24, 2.45) is 0 Å². The number of aryl methyl sites for hydroxylation is 1. The molecule has 0 aliphatic carbocycles. The number of hydrogen-bond donors (Lipinski definition) is 1. The van der Waals surface area contributed by atoms with Crippen molar-refractivity contribution in [3.8, 4) is 0 Å². The Balaban J connectivity index is 2.31. The van der Waals surface area contributed by atoms with E-state index in [2.05, 4.69) is 28.7 Å². The van der Waals surface area contributed by atoms with E-state index in [0.717, 1.165) is 18.8 Å². The van der Waals surface area contributed by atoms with Crippen LogP contribution in [0.5, 0.6) is 0 Å². The molecule has 108 valence electrons. The predicted octanol–water partition coefficient (Wildman–Crippen LogP) is 1.94. The van der Waals surface area contributed by atoms with Crippen LogP contribution in [-0.2, 0) is 16.1 Å². The van der Waals surface area contributed by atoms with Crippen LogP contribution >= 0.6 is 0 Å². The summed E-state index contributed by atoms with van der Waals surface area (Å²) < 4.78 is 7.23. The first-order valence-electron chi connectivity index (χ1n) is 6.91. The van der Waals surface area contributed by atoms with Gasteiger partial charge in [-0.1, -0.05) is 20.8 Å². The maximum absolute atomic E-state index is 11.7. The van der Waals surface area contributed by atoms with E-state index in [1.54, 1.807) is 7.11 Å². The molecule has 0 aromatic carbocycles. The summed E-state index contributed by atoms with van der Waals surface area (Å²) >= 11 is 0. The molecule has 0 fully saturated rings. The van der Waals surface area contributed by atoms with E-state index in [0.29, 0.717) is 18.9 Å². The molecule has 19 heavy (non-hydrogen) atoms. The Labute approximate surface area is 115 Å². The first-order chi connectivity index (χ1) is 9.10. The molecule has 1 rings (SSSR count). The second-order valence-corrected chi connectivity index (χ2v) is 4.91. The summed E-state index contributed by atoms with van der Waals surface area (Å²) in [5.74, 6) is 1.48. The van der Waals surface area contributed by atoms with Crippen molar-refractivity contribution in [1.29, 1.82) is 0 Å². The lowest BCUT2D eigenvalue weighted by Gasteiger charge is -2.14. The lowest BCUT2D eigenvalue weighted by Crippen LogP contribution is -2.36. The Kier molecular flexibility index (Phi) is 6.56. The van der Waals surface area contributed by atoms with Crippen molar-refractivity contribution in [2.75, 3.05) is 13.7 Å². The van der Waals surface area contributed by atoms with Crippen LogP contribution in [0.2, 0.25) is 0 Å². The largest absolute Gasteiger partial charge is 0.372 e. The Morgan fingerprint density at radius 3 is 2.84 bits per heavy atom. The van der Waals surface area contributed by atoms with E-state index in [1.807, 2.05) is 19.3 Å². The standard InChI is InChI=1S/C14H25N3O2/c1-5-12(19-4)14(18)16-7-6-9-17-10-8-15-13(17)11(2)3/h8,10-12H,5-7,9H2,1-4H3,(H,16,18). The lowest BCUT2D eigenvalue weighted by molar-refractivity contribution is -0.131. The Morgan fingerprint density at radius 2 is 2.26 bits per heavy atom. The number of nitrogens with zero attached hydrogens (tertiary/aromatic N) is 2. The number of carbonyl (C=O) groups is 1. The number of carbonyl (C=O) groups excluding carboxylic acids is 1. The third-order valence-corrected chi connectivity index (χ3v) is 3.09. The molecule has 1 heterocycles. The van der Waals surface area contributed by atoms with E-state index < -0.39 is 0 Å². The topological polar surface area (TPSA) is 56.1 Å². The zero-order chi connectivity index (χ0) is 14.3. The summed E-state index contributed by atoms with van der Waals surface area (Å²) in [6, 6.07) is 0. The van der Waals surface area contributed by atoms with Gasteiger partial charge in [-0.25, -0.2) is 4.98 Å². The second-order valence-electron chi connectivity index (χ2n) is 4.91. The van der Waals surface area contributed by atoms with E-state index in [1.165, 1.54) is 0 Å². The van der Waals surface area contributed by atoms with Gasteiger partial charge in [0.25, 0.3) is 0 Å². The molecule has 0 spiro atoms. The van der Waals surface area contributed by atoms with Crippen molar-refractivity contribution in [3.05, 3.63) is 18.2 Å². The van der Waals surface area contributed by atoms with Gasteiger partial charge in [0.2, 0.25) is 5.91 Å². The maximum Gasteiger partial charge on any atom is 0.249 e. The SMILES string of the molecule is CCC(OC)C(=O)NCCCn1ccnc1C(C)C. The number of nitrogens with one attached hydrogen (secondary N) is 1. The molecule has 0 aliphatic heterocycles. The summed E-state index contributed by atoms with van der Waals surface area (Å²) in [5, 5.41) is 2.90. The molecule has 1 aromatic rings. The molecule has 0 aliphatic rings. The fraction of sp³-hybridized carbons (Fsp3) is 0.714. The van der Waals surface area contributed by atoms with E-state index >= 15 is 0 Å². The van der Waals surface area contributed by atoms with Gasteiger partial charge in [0.15, 0.2) is 0 Å². The zero-order valence-corrected chi connectivity index (χ0v) is 12.3. The highest BCUT2D eigenvalue weighted by Crippen LogP contribution is 2.11. The minimum atomic E-state index is -0.334. The maximum atomic E-state index is 11.7. The fourth-order valence-corrected chi connectivity index (χ4v) is 2.04. The van der Waals surface area contributed by atoms with Gasteiger partial charge < -0.3 is 14.6 Å². The van der Waals surface area contributed by atoms with Crippen LogP contribution in [0.1, 0.15) is 45.4 Å². The number of imidazole rings is 1. The predicted molar refractivity (Wildman–Crippen MR) is 75.0 cm³/mol. The molecule has 5 heteroatoms. The second kappa shape index (κ2) is 7.94. The van der Waals surface area contributed by atoms with Crippen molar-refractivity contribution in [1.82, 2.24) is 14.9 Å². The summed E-state index contributed by atoms with van der Waals surface area (Å²) in [6.07, 6.45) is 5.07. The first kappa shape index (κ1) is 15.7. The van der Waals surface area contributed by atoms with Crippen LogP contribution < -0.4 is 5.32 Å². The molecular formula is C14H25N3O2. The number of ether oxygens (including phenoxy) is 1. The monoisotopic (exact) mass is 267 g/mol. The van der Waals surface area contributed by atoms with Crippen LogP contribution in [0.3, 0.4) is 0 Å². The van der Waals surface area contributed by atoms with Crippen LogP contribution in [0, 0.1) is 0 Å². The van der Waals surface area contributed by atoms with Crippen molar-refractivity contribution in [2.45, 2.75) is 52.2 Å². The summed E-state index contributed by atoms with van der Waals surface area (Å²) in [6.45, 7) is 7.73. The van der Waals surface area contributed by atoms with Gasteiger partial charge in [0, 0.05) is 38.5 Å². The Morgan fingerprint density at radius 1 is 1.53 bits per heavy atom. The number of amides is 1. The average Bonchev–Trinajstić information content (AvgIpc) is 2.84. The minimum absolute atomic E-state index is 0.0280. The van der Waals surface area contributed by atoms with Gasteiger partial charge in [-0.15, -0.1) is 0 Å². The van der Waals surface area contributed by atoms with Gasteiger partial charge >= 0.3 is 0 Å². The molecule has 0 radical (unpaired) electrons. The number of rotatable bonds is 8. The highest BCUT2D eigenvalue weighted by atomic mass is 16.5. The smallest absolute Gasteiger partial charge is 0.249 e. The first-order valence-corrected chi connectivity index (χ1v) is 6.91. The minimum Gasteiger partial charge on any atom is -0.372 e. The normalized spacial score (nSPS) is 12.7. The molecule has 0 bridgehead atoms. The van der Waals surface area contributed by atoms with Crippen LogP contribution in [0.15, 0.2) is 12.4 Å². The molecule has 5 nitrogen and oxygen atoms in total. The third kappa shape index (κ3) is 4.67. The number of methoxy groups -OCH3 is 1. The highest BCUT2D eigenvalue weighted by molar-refractivity contribution is 5.80. The Bertz CT molecular complexity index is 384. The van der Waals surface area contributed by atoms with Gasteiger partial charge in [-0.2, -0.15) is 0 Å². The molecule has 1 unspecified atom stereocenters. The zero-order valence-electron chi connectivity index (χ0n) is 12.3.